The largest absolute Gasteiger partial charge is 0.462 e. The third kappa shape index (κ3) is 20.0. The van der Waals surface area contributed by atoms with E-state index in [4.69, 9.17) is 4.74 Å². The first-order chi connectivity index (χ1) is 13.2. The van der Waals surface area contributed by atoms with Gasteiger partial charge in [0, 0.05) is 6.42 Å². The normalized spacial score (nSPS) is 12.3. The molecule has 0 heterocycles. The highest BCUT2D eigenvalue weighted by atomic mass is 16.5. The van der Waals surface area contributed by atoms with E-state index in [0.29, 0.717) is 6.42 Å². The molecule has 1 atom stereocenters. The Morgan fingerprint density at radius 2 is 0.926 bits per heavy atom. The lowest BCUT2D eigenvalue weighted by Crippen LogP contribution is -2.18. The van der Waals surface area contributed by atoms with Crippen molar-refractivity contribution in [1.29, 1.82) is 0 Å². The molecule has 0 aliphatic heterocycles. The number of unbranched alkanes of at least 4 members (excludes halogenated alkanes) is 14. The summed E-state index contributed by atoms with van der Waals surface area (Å²) >= 11 is 0. The molecule has 0 aromatic heterocycles. The van der Waals surface area contributed by atoms with Crippen LogP contribution in [0.4, 0.5) is 0 Å². The molecule has 0 fully saturated rings. The van der Waals surface area contributed by atoms with Gasteiger partial charge in [-0.15, -0.1) is 0 Å². The molecule has 0 aromatic rings. The molecule has 0 rings (SSSR count). The van der Waals surface area contributed by atoms with Gasteiger partial charge in [0.1, 0.15) is 6.10 Å². The molecule has 0 amide bonds. The van der Waals surface area contributed by atoms with E-state index in [1.807, 2.05) is 0 Å². The number of hydrogen-bond donors (Lipinski definition) is 0. The minimum absolute atomic E-state index is 0.0463. The van der Waals surface area contributed by atoms with Gasteiger partial charge in [-0.1, -0.05) is 111 Å². The van der Waals surface area contributed by atoms with E-state index < -0.39 is 0 Å². The molecule has 27 heavy (non-hydrogen) atoms. The van der Waals surface area contributed by atoms with E-state index in [0.717, 1.165) is 25.7 Å². The summed E-state index contributed by atoms with van der Waals surface area (Å²) < 4.78 is 5.86. The molecule has 0 N–H and O–H groups in total. The molecule has 2 heteroatoms. The summed E-state index contributed by atoms with van der Waals surface area (Å²) in [5.41, 5.74) is 0. The fraction of sp³-hybridized carbons (Fsp3) is 0.960. The van der Waals surface area contributed by atoms with Gasteiger partial charge in [-0.3, -0.25) is 4.79 Å². The Balaban J connectivity index is 3.99. The molecule has 1 unspecified atom stereocenters. The van der Waals surface area contributed by atoms with Crippen molar-refractivity contribution in [3.63, 3.8) is 0 Å². The molecular weight excluding hydrogens is 332 g/mol. The fourth-order valence-corrected chi connectivity index (χ4v) is 3.68. The molecule has 0 aromatic carbocycles. The van der Waals surface area contributed by atoms with Crippen molar-refractivity contribution in [2.24, 2.45) is 0 Å². The second-order valence-electron chi connectivity index (χ2n) is 8.39. The van der Waals surface area contributed by atoms with E-state index >= 15 is 0 Å². The maximum absolute atomic E-state index is 12.2. The van der Waals surface area contributed by atoms with Gasteiger partial charge in [-0.25, -0.2) is 0 Å². The van der Waals surface area contributed by atoms with Crippen LogP contribution in [0.3, 0.4) is 0 Å². The third-order valence-corrected chi connectivity index (χ3v) is 5.54. The predicted molar refractivity (Wildman–Crippen MR) is 119 cm³/mol. The Hall–Kier alpha value is -0.530. The maximum Gasteiger partial charge on any atom is 0.306 e. The molecule has 0 saturated carbocycles. The van der Waals surface area contributed by atoms with Gasteiger partial charge in [0.25, 0.3) is 0 Å². The highest BCUT2D eigenvalue weighted by molar-refractivity contribution is 5.69. The first-order valence-electron chi connectivity index (χ1n) is 12.4. The molecule has 0 radical (unpaired) electrons. The number of esters is 1. The van der Waals surface area contributed by atoms with E-state index in [-0.39, 0.29) is 12.1 Å². The topological polar surface area (TPSA) is 26.3 Å². The molecule has 0 spiro atoms. The Kier molecular flexibility index (Phi) is 21.3. The SMILES string of the molecule is CCCCCCCCCC(CCCCCCCC)OC(=O)CCCCCC. The first-order valence-corrected chi connectivity index (χ1v) is 12.4. The van der Waals surface area contributed by atoms with E-state index in [2.05, 4.69) is 20.8 Å². The molecule has 0 saturated heterocycles. The Morgan fingerprint density at radius 3 is 1.37 bits per heavy atom. The molecular formula is C25H50O2. The van der Waals surface area contributed by atoms with Crippen LogP contribution in [0, 0.1) is 0 Å². The molecule has 162 valence electrons. The summed E-state index contributed by atoms with van der Waals surface area (Å²) in [4.78, 5) is 12.2. The van der Waals surface area contributed by atoms with Gasteiger partial charge >= 0.3 is 5.97 Å². The van der Waals surface area contributed by atoms with Crippen LogP contribution in [0.5, 0.6) is 0 Å². The minimum atomic E-state index is 0.0463. The van der Waals surface area contributed by atoms with Crippen molar-refractivity contribution < 1.29 is 9.53 Å². The zero-order valence-corrected chi connectivity index (χ0v) is 19.0. The average Bonchev–Trinajstić information content (AvgIpc) is 2.67. The summed E-state index contributed by atoms with van der Waals surface area (Å²) in [6, 6.07) is 0. The van der Waals surface area contributed by atoms with E-state index in [9.17, 15) is 4.79 Å². The summed E-state index contributed by atoms with van der Waals surface area (Å²) in [6.07, 6.45) is 24.7. The van der Waals surface area contributed by atoms with Crippen molar-refractivity contribution in [3.8, 4) is 0 Å². The summed E-state index contributed by atoms with van der Waals surface area (Å²) in [6.45, 7) is 6.73. The highest BCUT2D eigenvalue weighted by Gasteiger charge is 2.14. The van der Waals surface area contributed by atoms with E-state index in [1.165, 1.54) is 96.3 Å². The smallest absolute Gasteiger partial charge is 0.306 e. The van der Waals surface area contributed by atoms with Crippen LogP contribution in [0.1, 0.15) is 149 Å². The van der Waals surface area contributed by atoms with Gasteiger partial charge in [-0.05, 0) is 32.1 Å². The number of carbonyl (C=O) groups excluding carboxylic acids is 1. The Labute approximate surface area is 171 Å². The van der Waals surface area contributed by atoms with Crippen molar-refractivity contribution in [2.45, 2.75) is 155 Å². The van der Waals surface area contributed by atoms with Gasteiger partial charge in [0.2, 0.25) is 0 Å². The second kappa shape index (κ2) is 21.8. The Morgan fingerprint density at radius 1 is 0.556 bits per heavy atom. The van der Waals surface area contributed by atoms with Crippen molar-refractivity contribution in [3.05, 3.63) is 0 Å². The summed E-state index contributed by atoms with van der Waals surface area (Å²) in [5.74, 6) is 0.0463. The van der Waals surface area contributed by atoms with Gasteiger partial charge in [-0.2, -0.15) is 0 Å². The van der Waals surface area contributed by atoms with Crippen LogP contribution in [-0.4, -0.2) is 12.1 Å². The van der Waals surface area contributed by atoms with E-state index in [1.54, 1.807) is 0 Å². The second-order valence-corrected chi connectivity index (χ2v) is 8.39. The zero-order valence-electron chi connectivity index (χ0n) is 19.0. The number of hydrogen-bond acceptors (Lipinski definition) is 2. The van der Waals surface area contributed by atoms with Crippen LogP contribution in [0.2, 0.25) is 0 Å². The van der Waals surface area contributed by atoms with Crippen LogP contribution in [0.25, 0.3) is 0 Å². The molecule has 0 aliphatic rings. The van der Waals surface area contributed by atoms with Crippen molar-refractivity contribution in [2.75, 3.05) is 0 Å². The lowest BCUT2D eigenvalue weighted by molar-refractivity contribution is -0.150. The first kappa shape index (κ1) is 26.5. The molecule has 0 bridgehead atoms. The van der Waals surface area contributed by atoms with Crippen LogP contribution in [-0.2, 0) is 9.53 Å². The predicted octanol–water partition coefficient (Wildman–Crippen LogP) is 8.76. The summed E-state index contributed by atoms with van der Waals surface area (Å²) in [7, 11) is 0. The quantitative estimate of drug-likeness (QED) is 0.146. The lowest BCUT2D eigenvalue weighted by atomic mass is 10.0. The maximum atomic E-state index is 12.2. The lowest BCUT2D eigenvalue weighted by Gasteiger charge is -2.18. The zero-order chi connectivity index (χ0) is 20.0. The van der Waals surface area contributed by atoms with Crippen LogP contribution >= 0.6 is 0 Å². The van der Waals surface area contributed by atoms with Crippen LogP contribution < -0.4 is 0 Å². The summed E-state index contributed by atoms with van der Waals surface area (Å²) in [5, 5.41) is 0. The monoisotopic (exact) mass is 382 g/mol. The average molecular weight is 383 g/mol. The number of carbonyl (C=O) groups is 1. The highest BCUT2D eigenvalue weighted by Crippen LogP contribution is 2.18. The van der Waals surface area contributed by atoms with Gasteiger partial charge < -0.3 is 4.74 Å². The molecule has 0 aliphatic carbocycles. The minimum Gasteiger partial charge on any atom is -0.462 e. The number of ether oxygens (including phenoxy) is 1. The number of rotatable bonds is 21. The standard InChI is InChI=1S/C25H50O2/c1-4-7-10-13-15-17-19-22-24(21-18-16-14-11-8-5-2)27-25(26)23-20-12-9-6-3/h24H,4-23H2,1-3H3. The third-order valence-electron chi connectivity index (χ3n) is 5.54. The molecule has 2 nitrogen and oxygen atoms in total. The Bertz CT molecular complexity index is 301. The van der Waals surface area contributed by atoms with Gasteiger partial charge in [0.15, 0.2) is 0 Å². The fourth-order valence-electron chi connectivity index (χ4n) is 3.68. The van der Waals surface area contributed by atoms with Gasteiger partial charge in [0.05, 0.1) is 0 Å². The van der Waals surface area contributed by atoms with Crippen molar-refractivity contribution in [1.82, 2.24) is 0 Å². The van der Waals surface area contributed by atoms with Crippen molar-refractivity contribution >= 4 is 5.97 Å². The van der Waals surface area contributed by atoms with Crippen LogP contribution in [0.15, 0.2) is 0 Å².